The molecule has 1 saturated heterocycles. The lowest BCUT2D eigenvalue weighted by Crippen LogP contribution is -2.54. The summed E-state index contributed by atoms with van der Waals surface area (Å²) in [4.78, 5) is 2.56. The number of hydrogen-bond donors (Lipinski definition) is 2. The van der Waals surface area contributed by atoms with E-state index < -0.39 is 12.2 Å². The van der Waals surface area contributed by atoms with E-state index in [0.717, 1.165) is 19.5 Å². The minimum Gasteiger partial charge on any atom is -0.390 e. The van der Waals surface area contributed by atoms with Crippen LogP contribution >= 0.6 is 0 Å². The number of hydrogen-bond acceptors (Lipinski definition) is 3. The zero-order chi connectivity index (χ0) is 14.0. The first kappa shape index (κ1) is 14.1. The average molecular weight is 275 g/mol. The molecule has 3 nitrogen and oxygen atoms in total. The van der Waals surface area contributed by atoms with Crippen LogP contribution in [0.15, 0.2) is 30.3 Å². The lowest BCUT2D eigenvalue weighted by atomic mass is 9.72. The van der Waals surface area contributed by atoms with Crippen LogP contribution in [-0.2, 0) is 5.54 Å². The van der Waals surface area contributed by atoms with E-state index in [1.54, 1.807) is 0 Å². The fourth-order valence-electron chi connectivity index (χ4n) is 3.97. The molecule has 1 heterocycles. The minimum absolute atomic E-state index is 0.0830. The highest BCUT2D eigenvalue weighted by molar-refractivity contribution is 5.26. The van der Waals surface area contributed by atoms with E-state index in [-0.39, 0.29) is 5.54 Å². The molecular weight excluding hydrogens is 250 g/mol. The summed E-state index contributed by atoms with van der Waals surface area (Å²) in [6.45, 7) is 2.22. The molecule has 0 aromatic heterocycles. The third kappa shape index (κ3) is 2.50. The quantitative estimate of drug-likeness (QED) is 0.870. The highest BCUT2D eigenvalue weighted by atomic mass is 16.3. The number of rotatable bonds is 2. The van der Waals surface area contributed by atoms with Crippen molar-refractivity contribution >= 4 is 0 Å². The lowest BCUT2D eigenvalue weighted by molar-refractivity contribution is -0.0821. The molecule has 110 valence electrons. The molecular formula is C17H25NO2. The second kappa shape index (κ2) is 5.84. The fraction of sp³-hybridized carbons (Fsp3) is 0.647. The van der Waals surface area contributed by atoms with Crippen molar-refractivity contribution in [1.29, 1.82) is 0 Å². The second-order valence-corrected chi connectivity index (χ2v) is 6.32. The zero-order valence-corrected chi connectivity index (χ0v) is 12.0. The Morgan fingerprint density at radius 3 is 2.30 bits per heavy atom. The van der Waals surface area contributed by atoms with Crippen LogP contribution in [0, 0.1) is 0 Å². The smallest absolute Gasteiger partial charge is 0.0820 e. The normalized spacial score (nSPS) is 35.9. The Bertz CT molecular complexity index is 430. The van der Waals surface area contributed by atoms with Crippen LogP contribution in [0.25, 0.3) is 0 Å². The average Bonchev–Trinajstić information content (AvgIpc) is 2.52. The number of benzene rings is 1. The summed E-state index contributed by atoms with van der Waals surface area (Å²) in [6.07, 6.45) is 4.91. The maximum atomic E-state index is 10.2. The second-order valence-electron chi connectivity index (χ2n) is 6.32. The van der Waals surface area contributed by atoms with Gasteiger partial charge in [-0.25, -0.2) is 0 Å². The van der Waals surface area contributed by atoms with Crippen molar-refractivity contribution in [3.8, 4) is 0 Å². The number of likely N-dealkylation sites (tertiary alicyclic amines) is 1. The standard InChI is InChI=1S/C17H25NO2/c19-15-9-10-17(13-16(15)20,14-7-3-1-4-8-14)18-11-5-2-6-12-18/h1,3-4,7-8,15-16,19-20H,2,5-6,9-13H2. The Morgan fingerprint density at radius 2 is 1.65 bits per heavy atom. The van der Waals surface area contributed by atoms with Crippen molar-refractivity contribution in [2.24, 2.45) is 0 Å². The Kier molecular flexibility index (Phi) is 4.11. The van der Waals surface area contributed by atoms with Crippen LogP contribution in [0.2, 0.25) is 0 Å². The van der Waals surface area contributed by atoms with Crippen LogP contribution in [0.3, 0.4) is 0 Å². The van der Waals surface area contributed by atoms with Crippen molar-refractivity contribution in [3.05, 3.63) is 35.9 Å². The molecule has 0 bridgehead atoms. The Balaban J connectivity index is 1.94. The van der Waals surface area contributed by atoms with Gasteiger partial charge in [0.25, 0.3) is 0 Å². The molecule has 1 aromatic carbocycles. The number of aliphatic hydroxyl groups excluding tert-OH is 2. The maximum Gasteiger partial charge on any atom is 0.0820 e. The van der Waals surface area contributed by atoms with E-state index in [1.165, 1.54) is 24.8 Å². The number of piperidine rings is 1. The van der Waals surface area contributed by atoms with Gasteiger partial charge < -0.3 is 10.2 Å². The van der Waals surface area contributed by atoms with Crippen molar-refractivity contribution in [3.63, 3.8) is 0 Å². The maximum absolute atomic E-state index is 10.2. The summed E-state index contributed by atoms with van der Waals surface area (Å²) in [5.74, 6) is 0. The number of aliphatic hydroxyl groups is 2. The van der Waals surface area contributed by atoms with Gasteiger partial charge in [0.15, 0.2) is 0 Å². The van der Waals surface area contributed by atoms with Gasteiger partial charge >= 0.3 is 0 Å². The van der Waals surface area contributed by atoms with E-state index in [9.17, 15) is 10.2 Å². The minimum atomic E-state index is -0.606. The summed E-state index contributed by atoms with van der Waals surface area (Å²) in [5, 5.41) is 20.1. The molecule has 3 atom stereocenters. The van der Waals surface area contributed by atoms with Crippen molar-refractivity contribution < 1.29 is 10.2 Å². The monoisotopic (exact) mass is 275 g/mol. The van der Waals surface area contributed by atoms with Gasteiger partial charge in [0.05, 0.1) is 12.2 Å². The lowest BCUT2D eigenvalue weighted by Gasteiger charge is -2.50. The molecule has 3 heteroatoms. The van der Waals surface area contributed by atoms with Gasteiger partial charge in [-0.05, 0) is 50.8 Å². The van der Waals surface area contributed by atoms with Gasteiger partial charge in [0.2, 0.25) is 0 Å². The van der Waals surface area contributed by atoms with Gasteiger partial charge in [-0.3, -0.25) is 4.90 Å². The number of nitrogens with zero attached hydrogens (tertiary/aromatic N) is 1. The predicted molar refractivity (Wildman–Crippen MR) is 79.4 cm³/mol. The first-order valence-electron chi connectivity index (χ1n) is 7.89. The van der Waals surface area contributed by atoms with Crippen molar-refractivity contribution in [1.82, 2.24) is 4.90 Å². The summed E-state index contributed by atoms with van der Waals surface area (Å²) >= 11 is 0. The molecule has 1 aliphatic carbocycles. The first-order chi connectivity index (χ1) is 9.72. The van der Waals surface area contributed by atoms with E-state index in [0.29, 0.717) is 12.8 Å². The molecule has 2 fully saturated rings. The first-order valence-corrected chi connectivity index (χ1v) is 7.89. The van der Waals surface area contributed by atoms with Gasteiger partial charge in [0.1, 0.15) is 0 Å². The molecule has 2 N–H and O–H groups in total. The molecule has 0 radical (unpaired) electrons. The highest BCUT2D eigenvalue weighted by Crippen LogP contribution is 2.43. The van der Waals surface area contributed by atoms with Crippen LogP contribution < -0.4 is 0 Å². The third-order valence-electron chi connectivity index (χ3n) is 5.12. The van der Waals surface area contributed by atoms with Crippen LogP contribution in [0.4, 0.5) is 0 Å². The van der Waals surface area contributed by atoms with E-state index in [2.05, 4.69) is 29.2 Å². The molecule has 20 heavy (non-hydrogen) atoms. The van der Waals surface area contributed by atoms with Gasteiger partial charge in [0, 0.05) is 5.54 Å². The Labute approximate surface area is 121 Å². The molecule has 3 unspecified atom stereocenters. The third-order valence-corrected chi connectivity index (χ3v) is 5.12. The van der Waals surface area contributed by atoms with Crippen LogP contribution in [-0.4, -0.2) is 40.4 Å². The van der Waals surface area contributed by atoms with Crippen molar-refractivity contribution in [2.45, 2.75) is 56.3 Å². The summed E-state index contributed by atoms with van der Waals surface area (Å²) in [7, 11) is 0. The molecule has 2 aliphatic rings. The van der Waals surface area contributed by atoms with Crippen LogP contribution in [0.5, 0.6) is 0 Å². The van der Waals surface area contributed by atoms with Crippen LogP contribution in [0.1, 0.15) is 44.1 Å². The predicted octanol–water partition coefficient (Wildman–Crippen LogP) is 2.27. The SMILES string of the molecule is OC1CCC(c2ccccc2)(N2CCCCC2)CC1O. The van der Waals surface area contributed by atoms with Crippen molar-refractivity contribution in [2.75, 3.05) is 13.1 Å². The van der Waals surface area contributed by atoms with Gasteiger partial charge in [-0.2, -0.15) is 0 Å². The molecule has 1 saturated carbocycles. The van der Waals surface area contributed by atoms with Gasteiger partial charge in [-0.15, -0.1) is 0 Å². The topological polar surface area (TPSA) is 43.7 Å². The van der Waals surface area contributed by atoms with E-state index >= 15 is 0 Å². The fourth-order valence-corrected chi connectivity index (χ4v) is 3.97. The molecule has 3 rings (SSSR count). The summed E-state index contributed by atoms with van der Waals surface area (Å²) in [6, 6.07) is 10.6. The zero-order valence-electron chi connectivity index (χ0n) is 12.0. The molecule has 0 spiro atoms. The summed E-state index contributed by atoms with van der Waals surface area (Å²) < 4.78 is 0. The molecule has 1 aromatic rings. The Morgan fingerprint density at radius 1 is 0.950 bits per heavy atom. The highest BCUT2D eigenvalue weighted by Gasteiger charge is 2.45. The molecule has 1 aliphatic heterocycles. The van der Waals surface area contributed by atoms with E-state index in [4.69, 9.17) is 0 Å². The van der Waals surface area contributed by atoms with E-state index in [1.807, 2.05) is 6.07 Å². The molecule has 0 amide bonds. The Hall–Kier alpha value is -0.900. The largest absolute Gasteiger partial charge is 0.390 e. The van der Waals surface area contributed by atoms with Gasteiger partial charge in [-0.1, -0.05) is 36.8 Å². The summed E-state index contributed by atoms with van der Waals surface area (Å²) in [5.41, 5.74) is 1.22.